The molecule has 0 amide bonds. The highest BCUT2D eigenvalue weighted by atomic mass is 19.1. The van der Waals surface area contributed by atoms with E-state index in [-0.39, 0.29) is 24.1 Å². The van der Waals surface area contributed by atoms with Crippen LogP contribution in [0, 0.1) is 17.6 Å². The molecule has 0 aromatic heterocycles. The van der Waals surface area contributed by atoms with Gasteiger partial charge < -0.3 is 15.7 Å². The number of piperidine rings is 1. The van der Waals surface area contributed by atoms with E-state index < -0.39 is 17.6 Å². The van der Waals surface area contributed by atoms with Crippen molar-refractivity contribution in [3.63, 3.8) is 0 Å². The number of anilines is 1. The lowest BCUT2D eigenvalue weighted by atomic mass is 9.90. The van der Waals surface area contributed by atoms with Crippen LogP contribution in [-0.2, 0) is 4.79 Å². The molecule has 20 heavy (non-hydrogen) atoms. The summed E-state index contributed by atoms with van der Waals surface area (Å²) in [6.07, 6.45) is 1.27. The van der Waals surface area contributed by atoms with Gasteiger partial charge in [0.1, 0.15) is 11.6 Å². The SMILES string of the molecule is NC1CC(CCC(=O)O)CN(c2cc(F)ccc2F)C1. The molecule has 1 heterocycles. The molecule has 0 saturated carbocycles. The van der Waals surface area contributed by atoms with Crippen molar-refractivity contribution in [2.24, 2.45) is 11.7 Å². The second-order valence-corrected chi connectivity index (χ2v) is 5.29. The zero-order valence-electron chi connectivity index (χ0n) is 11.1. The van der Waals surface area contributed by atoms with Gasteiger partial charge in [0.05, 0.1) is 5.69 Å². The molecule has 3 N–H and O–H groups in total. The molecule has 1 aliphatic heterocycles. The van der Waals surface area contributed by atoms with E-state index in [9.17, 15) is 13.6 Å². The Balaban J connectivity index is 2.11. The molecule has 1 aromatic carbocycles. The fourth-order valence-corrected chi connectivity index (χ4v) is 2.71. The molecule has 1 saturated heterocycles. The average Bonchev–Trinajstić information content (AvgIpc) is 2.38. The lowest BCUT2D eigenvalue weighted by Gasteiger charge is -2.37. The first-order valence-corrected chi connectivity index (χ1v) is 6.63. The fraction of sp³-hybridized carbons (Fsp3) is 0.500. The van der Waals surface area contributed by atoms with Crippen molar-refractivity contribution in [1.29, 1.82) is 0 Å². The van der Waals surface area contributed by atoms with Crippen LogP contribution >= 0.6 is 0 Å². The molecule has 0 spiro atoms. The van der Waals surface area contributed by atoms with Crippen LogP contribution < -0.4 is 10.6 Å². The second-order valence-electron chi connectivity index (χ2n) is 5.29. The highest BCUT2D eigenvalue weighted by molar-refractivity contribution is 5.66. The molecule has 0 aliphatic carbocycles. The van der Waals surface area contributed by atoms with Gasteiger partial charge in [0, 0.05) is 31.6 Å². The Kier molecular flexibility index (Phi) is 4.54. The summed E-state index contributed by atoms with van der Waals surface area (Å²) in [4.78, 5) is 12.3. The molecule has 1 aliphatic rings. The van der Waals surface area contributed by atoms with Gasteiger partial charge in [0.25, 0.3) is 0 Å². The van der Waals surface area contributed by atoms with Gasteiger partial charge in [-0.05, 0) is 30.9 Å². The zero-order valence-corrected chi connectivity index (χ0v) is 11.1. The van der Waals surface area contributed by atoms with E-state index in [1.165, 1.54) is 0 Å². The number of nitrogens with zero attached hydrogens (tertiary/aromatic N) is 1. The van der Waals surface area contributed by atoms with Crippen molar-refractivity contribution in [1.82, 2.24) is 0 Å². The summed E-state index contributed by atoms with van der Waals surface area (Å²) >= 11 is 0. The molecule has 2 atom stereocenters. The van der Waals surface area contributed by atoms with Crippen molar-refractivity contribution in [2.45, 2.75) is 25.3 Å². The first kappa shape index (κ1) is 14.7. The minimum atomic E-state index is -0.854. The minimum absolute atomic E-state index is 0.0663. The van der Waals surface area contributed by atoms with Crippen LogP contribution in [-0.4, -0.2) is 30.2 Å². The van der Waals surface area contributed by atoms with Gasteiger partial charge >= 0.3 is 5.97 Å². The Labute approximate surface area is 116 Å². The van der Waals surface area contributed by atoms with Crippen LogP contribution in [0.15, 0.2) is 18.2 Å². The molecule has 6 heteroatoms. The summed E-state index contributed by atoms with van der Waals surface area (Å²) in [5.74, 6) is -1.76. The number of halogens is 2. The normalized spacial score (nSPS) is 22.9. The molecule has 0 radical (unpaired) electrons. The topological polar surface area (TPSA) is 66.6 Å². The second kappa shape index (κ2) is 6.17. The number of nitrogens with two attached hydrogens (primary N) is 1. The number of carboxylic acid groups (broad SMARTS) is 1. The van der Waals surface area contributed by atoms with Crippen molar-refractivity contribution in [3.8, 4) is 0 Å². The Morgan fingerprint density at radius 3 is 2.85 bits per heavy atom. The molecular weight excluding hydrogens is 266 g/mol. The number of aliphatic carboxylic acids is 1. The zero-order chi connectivity index (χ0) is 14.7. The molecule has 1 aromatic rings. The maximum Gasteiger partial charge on any atom is 0.303 e. The van der Waals surface area contributed by atoms with E-state index in [0.29, 0.717) is 25.9 Å². The van der Waals surface area contributed by atoms with Crippen molar-refractivity contribution in [3.05, 3.63) is 29.8 Å². The van der Waals surface area contributed by atoms with Crippen molar-refractivity contribution >= 4 is 11.7 Å². The number of benzene rings is 1. The van der Waals surface area contributed by atoms with E-state index in [4.69, 9.17) is 10.8 Å². The number of hydrogen-bond acceptors (Lipinski definition) is 3. The fourth-order valence-electron chi connectivity index (χ4n) is 2.71. The predicted octanol–water partition coefficient (Wildman–Crippen LogP) is 1.98. The van der Waals surface area contributed by atoms with Crippen LogP contribution in [0.4, 0.5) is 14.5 Å². The number of rotatable bonds is 4. The summed E-state index contributed by atoms with van der Waals surface area (Å²) in [7, 11) is 0. The predicted molar refractivity (Wildman–Crippen MR) is 71.5 cm³/mol. The van der Waals surface area contributed by atoms with Gasteiger partial charge in [-0.15, -0.1) is 0 Å². The van der Waals surface area contributed by atoms with E-state index in [1.807, 2.05) is 0 Å². The van der Waals surface area contributed by atoms with Crippen LogP contribution in [0.3, 0.4) is 0 Å². The van der Waals surface area contributed by atoms with Gasteiger partial charge in [-0.1, -0.05) is 0 Å². The molecule has 2 rings (SSSR count). The lowest BCUT2D eigenvalue weighted by Crippen LogP contribution is -2.47. The van der Waals surface area contributed by atoms with E-state index in [2.05, 4.69) is 0 Å². The highest BCUT2D eigenvalue weighted by Crippen LogP contribution is 2.28. The van der Waals surface area contributed by atoms with Gasteiger partial charge in [0.2, 0.25) is 0 Å². The van der Waals surface area contributed by atoms with Gasteiger partial charge in [-0.3, -0.25) is 4.79 Å². The minimum Gasteiger partial charge on any atom is -0.481 e. The van der Waals surface area contributed by atoms with Crippen LogP contribution in [0.25, 0.3) is 0 Å². The van der Waals surface area contributed by atoms with Crippen molar-refractivity contribution < 1.29 is 18.7 Å². The van der Waals surface area contributed by atoms with E-state index in [0.717, 1.165) is 18.2 Å². The van der Waals surface area contributed by atoms with Gasteiger partial charge in [-0.25, -0.2) is 8.78 Å². The monoisotopic (exact) mass is 284 g/mol. The molecule has 2 unspecified atom stereocenters. The Morgan fingerprint density at radius 1 is 1.40 bits per heavy atom. The third-order valence-electron chi connectivity index (χ3n) is 3.58. The van der Waals surface area contributed by atoms with Gasteiger partial charge in [0.15, 0.2) is 0 Å². The van der Waals surface area contributed by atoms with E-state index >= 15 is 0 Å². The van der Waals surface area contributed by atoms with Gasteiger partial charge in [-0.2, -0.15) is 0 Å². The summed E-state index contributed by atoms with van der Waals surface area (Å²) in [6, 6.07) is 3.16. The number of carboxylic acids is 1. The third-order valence-corrected chi connectivity index (χ3v) is 3.58. The lowest BCUT2D eigenvalue weighted by molar-refractivity contribution is -0.137. The van der Waals surface area contributed by atoms with Crippen LogP contribution in [0.1, 0.15) is 19.3 Å². The molecule has 0 bridgehead atoms. The molecule has 110 valence electrons. The largest absolute Gasteiger partial charge is 0.481 e. The summed E-state index contributed by atoms with van der Waals surface area (Å²) in [5.41, 5.74) is 6.14. The quantitative estimate of drug-likeness (QED) is 0.887. The molecule has 1 fully saturated rings. The molecular formula is C14H18F2N2O2. The maximum absolute atomic E-state index is 13.8. The Hall–Kier alpha value is -1.69. The average molecular weight is 284 g/mol. The van der Waals surface area contributed by atoms with Crippen molar-refractivity contribution in [2.75, 3.05) is 18.0 Å². The number of hydrogen-bond donors (Lipinski definition) is 2. The molecule has 4 nitrogen and oxygen atoms in total. The standard InChI is InChI=1S/C14H18F2N2O2/c15-10-2-3-12(16)13(6-10)18-7-9(1-4-14(19)20)5-11(17)8-18/h2-3,6,9,11H,1,4-5,7-8,17H2,(H,19,20). The third kappa shape index (κ3) is 3.66. The Morgan fingerprint density at radius 2 is 2.15 bits per heavy atom. The first-order chi connectivity index (χ1) is 9.45. The van der Waals surface area contributed by atoms with Crippen LogP contribution in [0.5, 0.6) is 0 Å². The summed E-state index contributed by atoms with van der Waals surface area (Å²) in [5, 5.41) is 8.72. The summed E-state index contributed by atoms with van der Waals surface area (Å²) in [6.45, 7) is 0.950. The Bertz CT molecular complexity index is 496. The first-order valence-electron chi connectivity index (χ1n) is 6.63. The maximum atomic E-state index is 13.8. The smallest absolute Gasteiger partial charge is 0.303 e. The van der Waals surface area contributed by atoms with Crippen LogP contribution in [0.2, 0.25) is 0 Å². The summed E-state index contributed by atoms with van der Waals surface area (Å²) < 4.78 is 27.0. The van der Waals surface area contributed by atoms with E-state index in [1.54, 1.807) is 4.90 Å². The number of carbonyl (C=O) groups is 1. The highest BCUT2D eigenvalue weighted by Gasteiger charge is 2.27.